The number of halogens is 1. The van der Waals surface area contributed by atoms with Crippen molar-refractivity contribution in [2.45, 2.75) is 39.3 Å². The number of carbonyl (C=O) groups is 1. The average molecular weight is 230 g/mol. The second-order valence-corrected chi connectivity index (χ2v) is 4.08. The molecule has 1 aromatic heterocycles. The van der Waals surface area contributed by atoms with Crippen molar-refractivity contribution in [3.05, 3.63) is 16.9 Å². The van der Waals surface area contributed by atoms with Crippen molar-refractivity contribution in [2.75, 3.05) is 0 Å². The van der Waals surface area contributed by atoms with Crippen LogP contribution in [0, 0.1) is 0 Å². The van der Waals surface area contributed by atoms with Gasteiger partial charge in [0, 0.05) is 19.0 Å². The molecular formula is C10H16ClN3O. The van der Waals surface area contributed by atoms with Gasteiger partial charge >= 0.3 is 0 Å². The van der Waals surface area contributed by atoms with Crippen molar-refractivity contribution in [3.8, 4) is 0 Å². The van der Waals surface area contributed by atoms with Gasteiger partial charge in [-0.15, -0.1) is 0 Å². The summed E-state index contributed by atoms with van der Waals surface area (Å²) in [5, 5.41) is 4.47. The molecule has 0 fully saturated rings. The van der Waals surface area contributed by atoms with E-state index in [0.717, 1.165) is 6.42 Å². The van der Waals surface area contributed by atoms with E-state index < -0.39 is 0 Å². The standard InChI is InChI=1S/C10H16ClN3O/c1-3-4-14-10(8(11)6-13-14)9(15)5-7(2)12/h6-7H,3-5,12H2,1-2H3. The van der Waals surface area contributed by atoms with E-state index in [4.69, 9.17) is 17.3 Å². The summed E-state index contributed by atoms with van der Waals surface area (Å²) in [5.41, 5.74) is 6.06. The topological polar surface area (TPSA) is 60.9 Å². The first-order valence-electron chi connectivity index (χ1n) is 5.06. The molecule has 5 heteroatoms. The number of nitrogens with zero attached hydrogens (tertiary/aromatic N) is 2. The number of hydrogen-bond donors (Lipinski definition) is 1. The number of nitrogens with two attached hydrogens (primary N) is 1. The Morgan fingerprint density at radius 1 is 1.73 bits per heavy atom. The highest BCUT2D eigenvalue weighted by Gasteiger charge is 2.17. The summed E-state index contributed by atoms with van der Waals surface area (Å²) in [6.45, 7) is 4.52. The quantitative estimate of drug-likeness (QED) is 0.785. The fourth-order valence-electron chi connectivity index (χ4n) is 1.41. The lowest BCUT2D eigenvalue weighted by Crippen LogP contribution is -2.22. The Hall–Kier alpha value is -0.870. The van der Waals surface area contributed by atoms with Crippen molar-refractivity contribution >= 4 is 17.4 Å². The molecule has 0 amide bonds. The lowest BCUT2D eigenvalue weighted by Gasteiger charge is -2.07. The van der Waals surface area contributed by atoms with Gasteiger partial charge in [0.05, 0.1) is 11.2 Å². The van der Waals surface area contributed by atoms with Gasteiger partial charge in [-0.3, -0.25) is 9.48 Å². The van der Waals surface area contributed by atoms with E-state index in [1.54, 1.807) is 11.6 Å². The monoisotopic (exact) mass is 229 g/mol. The van der Waals surface area contributed by atoms with Crippen LogP contribution in [0.15, 0.2) is 6.20 Å². The Bertz CT molecular complexity index is 346. The van der Waals surface area contributed by atoms with Crippen molar-refractivity contribution < 1.29 is 4.79 Å². The summed E-state index contributed by atoms with van der Waals surface area (Å²) in [6, 6.07) is -0.154. The summed E-state index contributed by atoms with van der Waals surface area (Å²) >= 11 is 5.91. The normalized spacial score (nSPS) is 12.8. The molecule has 2 N–H and O–H groups in total. The second kappa shape index (κ2) is 5.28. The molecule has 0 spiro atoms. The van der Waals surface area contributed by atoms with Crippen LogP contribution in [0.3, 0.4) is 0 Å². The number of Topliss-reactive ketones (excluding diaryl/α,β-unsaturated/α-hetero) is 1. The van der Waals surface area contributed by atoms with Crippen LogP contribution in [-0.2, 0) is 6.54 Å². The van der Waals surface area contributed by atoms with Crippen LogP contribution in [0.5, 0.6) is 0 Å². The molecule has 0 saturated carbocycles. The second-order valence-electron chi connectivity index (χ2n) is 3.67. The van der Waals surface area contributed by atoms with E-state index in [-0.39, 0.29) is 11.8 Å². The Morgan fingerprint density at radius 3 is 2.93 bits per heavy atom. The number of carbonyl (C=O) groups excluding carboxylic acids is 1. The van der Waals surface area contributed by atoms with Crippen LogP contribution in [0.1, 0.15) is 37.2 Å². The molecular weight excluding hydrogens is 214 g/mol. The molecule has 1 unspecified atom stereocenters. The summed E-state index contributed by atoms with van der Waals surface area (Å²) in [6.07, 6.45) is 2.72. The molecule has 1 heterocycles. The zero-order valence-electron chi connectivity index (χ0n) is 9.03. The van der Waals surface area contributed by atoms with Gasteiger partial charge in [-0.2, -0.15) is 5.10 Å². The number of rotatable bonds is 5. The first kappa shape index (κ1) is 12.2. The van der Waals surface area contributed by atoms with Gasteiger partial charge < -0.3 is 5.73 Å². The molecule has 84 valence electrons. The molecule has 0 bridgehead atoms. The van der Waals surface area contributed by atoms with Gasteiger partial charge in [-0.25, -0.2) is 0 Å². The molecule has 0 aliphatic rings. The minimum absolute atomic E-state index is 0.0408. The largest absolute Gasteiger partial charge is 0.328 e. The molecule has 1 atom stereocenters. The predicted octanol–water partition coefficient (Wildman–Crippen LogP) is 1.87. The van der Waals surface area contributed by atoms with E-state index in [2.05, 4.69) is 5.10 Å². The molecule has 0 aliphatic heterocycles. The highest BCUT2D eigenvalue weighted by molar-refractivity contribution is 6.33. The number of ketones is 1. The summed E-state index contributed by atoms with van der Waals surface area (Å²) in [4.78, 5) is 11.8. The van der Waals surface area contributed by atoms with E-state index >= 15 is 0 Å². The molecule has 0 aromatic carbocycles. The fourth-order valence-corrected chi connectivity index (χ4v) is 1.66. The number of aromatic nitrogens is 2. The predicted molar refractivity (Wildman–Crippen MR) is 60.1 cm³/mol. The lowest BCUT2D eigenvalue weighted by molar-refractivity contribution is 0.0966. The molecule has 15 heavy (non-hydrogen) atoms. The summed E-state index contributed by atoms with van der Waals surface area (Å²) in [7, 11) is 0. The van der Waals surface area contributed by atoms with Gasteiger partial charge in [0.25, 0.3) is 0 Å². The molecule has 1 rings (SSSR count). The van der Waals surface area contributed by atoms with Crippen LogP contribution in [0.4, 0.5) is 0 Å². The first-order chi connectivity index (χ1) is 7.06. The zero-order chi connectivity index (χ0) is 11.4. The van der Waals surface area contributed by atoms with Crippen molar-refractivity contribution in [3.63, 3.8) is 0 Å². The molecule has 4 nitrogen and oxygen atoms in total. The molecule has 0 saturated heterocycles. The maximum absolute atomic E-state index is 11.8. The summed E-state index contributed by atoms with van der Waals surface area (Å²) in [5.74, 6) is -0.0408. The van der Waals surface area contributed by atoms with Gasteiger partial charge in [0.1, 0.15) is 5.69 Å². The van der Waals surface area contributed by atoms with Gasteiger partial charge in [-0.1, -0.05) is 18.5 Å². The van der Waals surface area contributed by atoms with E-state index in [9.17, 15) is 4.79 Å². The average Bonchev–Trinajstić information content (AvgIpc) is 2.46. The lowest BCUT2D eigenvalue weighted by atomic mass is 10.1. The Morgan fingerprint density at radius 2 is 2.40 bits per heavy atom. The number of hydrogen-bond acceptors (Lipinski definition) is 3. The molecule has 1 aromatic rings. The van der Waals surface area contributed by atoms with Crippen LogP contribution in [-0.4, -0.2) is 21.6 Å². The Labute approximate surface area is 94.4 Å². The van der Waals surface area contributed by atoms with Gasteiger partial charge in [0.15, 0.2) is 5.78 Å². The minimum Gasteiger partial charge on any atom is -0.328 e. The van der Waals surface area contributed by atoms with E-state index in [0.29, 0.717) is 23.7 Å². The van der Waals surface area contributed by atoms with Crippen molar-refractivity contribution in [1.82, 2.24) is 9.78 Å². The van der Waals surface area contributed by atoms with Crippen LogP contribution >= 0.6 is 11.6 Å². The van der Waals surface area contributed by atoms with Gasteiger partial charge in [-0.05, 0) is 13.3 Å². The third-order valence-electron chi connectivity index (χ3n) is 2.00. The molecule has 0 radical (unpaired) electrons. The number of aryl methyl sites for hydroxylation is 1. The third-order valence-corrected chi connectivity index (χ3v) is 2.28. The zero-order valence-corrected chi connectivity index (χ0v) is 9.79. The van der Waals surface area contributed by atoms with Crippen LogP contribution < -0.4 is 5.73 Å². The molecule has 0 aliphatic carbocycles. The van der Waals surface area contributed by atoms with Crippen LogP contribution in [0.2, 0.25) is 5.02 Å². The Kier molecular flexibility index (Phi) is 4.29. The first-order valence-corrected chi connectivity index (χ1v) is 5.44. The maximum Gasteiger partial charge on any atom is 0.183 e. The maximum atomic E-state index is 11.8. The highest BCUT2D eigenvalue weighted by atomic mass is 35.5. The van der Waals surface area contributed by atoms with E-state index in [1.807, 2.05) is 6.92 Å². The fraction of sp³-hybridized carbons (Fsp3) is 0.600. The minimum atomic E-state index is -0.154. The van der Waals surface area contributed by atoms with Crippen molar-refractivity contribution in [1.29, 1.82) is 0 Å². The van der Waals surface area contributed by atoms with Crippen LogP contribution in [0.25, 0.3) is 0 Å². The van der Waals surface area contributed by atoms with Crippen molar-refractivity contribution in [2.24, 2.45) is 5.73 Å². The van der Waals surface area contributed by atoms with Gasteiger partial charge in [0.2, 0.25) is 0 Å². The smallest absolute Gasteiger partial charge is 0.183 e. The third kappa shape index (κ3) is 3.04. The highest BCUT2D eigenvalue weighted by Crippen LogP contribution is 2.17. The summed E-state index contributed by atoms with van der Waals surface area (Å²) < 4.78 is 1.65. The SMILES string of the molecule is CCCn1ncc(Cl)c1C(=O)CC(C)N. The van der Waals surface area contributed by atoms with E-state index in [1.165, 1.54) is 6.20 Å². The Balaban J connectivity index is 2.90.